The summed E-state index contributed by atoms with van der Waals surface area (Å²) in [5, 5.41) is 13.1. The molecule has 0 radical (unpaired) electrons. The second-order valence-corrected chi connectivity index (χ2v) is 6.07. The number of aryl methyl sites for hydroxylation is 1. The van der Waals surface area contributed by atoms with E-state index in [-0.39, 0.29) is 12.1 Å². The maximum Gasteiger partial charge on any atom is 0.122 e. The van der Waals surface area contributed by atoms with Gasteiger partial charge in [-0.1, -0.05) is 6.92 Å². The first-order chi connectivity index (χ1) is 9.41. The predicted molar refractivity (Wildman–Crippen MR) is 82.5 cm³/mol. The third-order valence-electron chi connectivity index (χ3n) is 3.96. The Morgan fingerprint density at radius 3 is 2.75 bits per heavy atom. The summed E-state index contributed by atoms with van der Waals surface area (Å²) in [6.45, 7) is 8.35. The molecular formula is C15H30N4O. The molecule has 0 aliphatic heterocycles. The lowest BCUT2D eigenvalue weighted by molar-refractivity contribution is 0.122. The Morgan fingerprint density at radius 1 is 1.55 bits per heavy atom. The minimum atomic E-state index is -0.217. The van der Waals surface area contributed by atoms with E-state index in [1.807, 2.05) is 24.0 Å². The van der Waals surface area contributed by atoms with Gasteiger partial charge in [0.2, 0.25) is 0 Å². The zero-order valence-electron chi connectivity index (χ0n) is 13.6. The Morgan fingerprint density at radius 2 is 2.25 bits per heavy atom. The molecule has 2 N–H and O–H groups in total. The van der Waals surface area contributed by atoms with Crippen molar-refractivity contribution in [2.24, 2.45) is 7.05 Å². The minimum absolute atomic E-state index is 0.160. The van der Waals surface area contributed by atoms with Gasteiger partial charge >= 0.3 is 0 Å². The first-order valence-electron chi connectivity index (χ1n) is 7.44. The highest BCUT2D eigenvalue weighted by Gasteiger charge is 2.26. The van der Waals surface area contributed by atoms with Gasteiger partial charge in [-0.3, -0.25) is 4.90 Å². The highest BCUT2D eigenvalue weighted by atomic mass is 16.3. The van der Waals surface area contributed by atoms with Gasteiger partial charge in [-0.2, -0.15) is 0 Å². The fourth-order valence-electron chi connectivity index (χ4n) is 2.35. The number of rotatable bonds is 9. The number of nitrogens with one attached hydrogen (secondary N) is 1. The Bertz CT molecular complexity index is 393. The average Bonchev–Trinajstić information content (AvgIpc) is 2.82. The standard InChI is InChI=1S/C15H30N4O/c1-6-7-17-15(3,12-20)10-13(2)19(5)11-14-16-8-9-18(14)4/h8-9,13,17,20H,6-7,10-12H2,1-5H3. The molecule has 2 atom stereocenters. The summed E-state index contributed by atoms with van der Waals surface area (Å²) < 4.78 is 2.05. The van der Waals surface area contributed by atoms with Gasteiger partial charge in [-0.25, -0.2) is 4.98 Å². The fourth-order valence-corrected chi connectivity index (χ4v) is 2.35. The van der Waals surface area contributed by atoms with Crippen LogP contribution in [0.5, 0.6) is 0 Å². The lowest BCUT2D eigenvalue weighted by atomic mass is 9.93. The van der Waals surface area contributed by atoms with E-state index in [1.165, 1.54) is 0 Å². The lowest BCUT2D eigenvalue weighted by Crippen LogP contribution is -2.50. The van der Waals surface area contributed by atoms with Crippen LogP contribution in [0.3, 0.4) is 0 Å². The van der Waals surface area contributed by atoms with E-state index in [0.717, 1.165) is 31.8 Å². The molecule has 116 valence electrons. The van der Waals surface area contributed by atoms with Crippen LogP contribution in [-0.2, 0) is 13.6 Å². The predicted octanol–water partition coefficient (Wildman–Crippen LogP) is 1.38. The summed E-state index contributed by atoms with van der Waals surface area (Å²) in [5.41, 5.74) is -0.217. The van der Waals surface area contributed by atoms with Crippen LogP contribution in [0.2, 0.25) is 0 Å². The number of nitrogens with zero attached hydrogens (tertiary/aromatic N) is 3. The van der Waals surface area contributed by atoms with Crippen molar-refractivity contribution in [3.8, 4) is 0 Å². The molecule has 0 fully saturated rings. The summed E-state index contributed by atoms with van der Waals surface area (Å²) in [6.07, 6.45) is 5.78. The smallest absolute Gasteiger partial charge is 0.122 e. The molecule has 5 nitrogen and oxygen atoms in total. The van der Waals surface area contributed by atoms with E-state index in [4.69, 9.17) is 0 Å². The molecule has 0 spiro atoms. The molecule has 0 aliphatic rings. The van der Waals surface area contributed by atoms with Crippen LogP contribution in [0.25, 0.3) is 0 Å². The van der Waals surface area contributed by atoms with Crippen molar-refractivity contribution in [2.75, 3.05) is 20.2 Å². The molecule has 1 heterocycles. The van der Waals surface area contributed by atoms with Crippen LogP contribution in [0.15, 0.2) is 12.4 Å². The Balaban J connectivity index is 2.55. The monoisotopic (exact) mass is 282 g/mol. The van der Waals surface area contributed by atoms with E-state index in [9.17, 15) is 5.11 Å². The topological polar surface area (TPSA) is 53.3 Å². The van der Waals surface area contributed by atoms with Crippen molar-refractivity contribution >= 4 is 0 Å². The van der Waals surface area contributed by atoms with Crippen molar-refractivity contribution in [1.29, 1.82) is 0 Å². The zero-order chi connectivity index (χ0) is 15.2. The molecule has 0 bridgehead atoms. The van der Waals surface area contributed by atoms with Crippen molar-refractivity contribution < 1.29 is 5.11 Å². The minimum Gasteiger partial charge on any atom is -0.394 e. The van der Waals surface area contributed by atoms with Gasteiger partial charge in [-0.15, -0.1) is 0 Å². The molecule has 0 aliphatic carbocycles. The van der Waals surface area contributed by atoms with E-state index >= 15 is 0 Å². The number of hydrogen-bond donors (Lipinski definition) is 2. The fraction of sp³-hybridized carbons (Fsp3) is 0.800. The molecule has 0 aromatic carbocycles. The van der Waals surface area contributed by atoms with Crippen LogP contribution in [0.1, 0.15) is 39.4 Å². The molecule has 0 saturated carbocycles. The van der Waals surface area contributed by atoms with E-state index in [2.05, 4.69) is 43.0 Å². The van der Waals surface area contributed by atoms with Gasteiger partial charge in [0.15, 0.2) is 0 Å². The van der Waals surface area contributed by atoms with Gasteiger partial charge in [0, 0.05) is 31.0 Å². The van der Waals surface area contributed by atoms with Crippen LogP contribution < -0.4 is 5.32 Å². The molecule has 2 unspecified atom stereocenters. The third-order valence-corrected chi connectivity index (χ3v) is 3.96. The number of aromatic nitrogens is 2. The van der Waals surface area contributed by atoms with E-state index in [0.29, 0.717) is 6.04 Å². The van der Waals surface area contributed by atoms with Crippen LogP contribution in [-0.4, -0.2) is 51.3 Å². The van der Waals surface area contributed by atoms with Crippen molar-refractivity contribution in [3.05, 3.63) is 18.2 Å². The lowest BCUT2D eigenvalue weighted by Gasteiger charge is -2.35. The summed E-state index contributed by atoms with van der Waals surface area (Å²) in [7, 11) is 4.12. The number of imidazole rings is 1. The van der Waals surface area contributed by atoms with Gasteiger partial charge in [0.25, 0.3) is 0 Å². The molecule has 5 heteroatoms. The molecule has 1 rings (SSSR count). The molecular weight excluding hydrogens is 252 g/mol. The maximum atomic E-state index is 9.65. The molecule has 0 saturated heterocycles. The zero-order valence-corrected chi connectivity index (χ0v) is 13.6. The Labute approximate surface area is 123 Å². The number of aliphatic hydroxyl groups excluding tert-OH is 1. The van der Waals surface area contributed by atoms with Crippen molar-refractivity contribution in [2.45, 2.75) is 51.7 Å². The second-order valence-electron chi connectivity index (χ2n) is 6.07. The molecule has 20 heavy (non-hydrogen) atoms. The number of hydrogen-bond acceptors (Lipinski definition) is 4. The highest BCUT2D eigenvalue weighted by molar-refractivity contribution is 4.92. The summed E-state index contributed by atoms with van der Waals surface area (Å²) in [5.74, 6) is 1.06. The summed E-state index contributed by atoms with van der Waals surface area (Å²) >= 11 is 0. The summed E-state index contributed by atoms with van der Waals surface area (Å²) in [4.78, 5) is 6.64. The largest absolute Gasteiger partial charge is 0.394 e. The van der Waals surface area contributed by atoms with Gasteiger partial charge in [0.05, 0.1) is 13.2 Å². The Kier molecular flexibility index (Phi) is 6.65. The average molecular weight is 282 g/mol. The van der Waals surface area contributed by atoms with Crippen LogP contribution in [0.4, 0.5) is 0 Å². The van der Waals surface area contributed by atoms with E-state index in [1.54, 1.807) is 0 Å². The third kappa shape index (κ3) is 4.89. The molecule has 1 aromatic rings. The number of aliphatic hydroxyl groups is 1. The normalized spacial score (nSPS) is 16.4. The summed E-state index contributed by atoms with van der Waals surface area (Å²) in [6, 6.07) is 0.369. The van der Waals surface area contributed by atoms with Crippen molar-refractivity contribution in [3.63, 3.8) is 0 Å². The van der Waals surface area contributed by atoms with Crippen LogP contribution >= 0.6 is 0 Å². The maximum absolute atomic E-state index is 9.65. The molecule has 0 amide bonds. The van der Waals surface area contributed by atoms with E-state index < -0.39 is 0 Å². The van der Waals surface area contributed by atoms with Crippen LogP contribution in [0, 0.1) is 0 Å². The highest BCUT2D eigenvalue weighted by Crippen LogP contribution is 2.16. The van der Waals surface area contributed by atoms with Gasteiger partial charge in [0.1, 0.15) is 5.82 Å². The first-order valence-corrected chi connectivity index (χ1v) is 7.44. The second kappa shape index (κ2) is 7.76. The first kappa shape index (κ1) is 17.1. The van der Waals surface area contributed by atoms with Gasteiger partial charge < -0.3 is 15.0 Å². The Hall–Kier alpha value is -0.910. The van der Waals surface area contributed by atoms with Crippen molar-refractivity contribution in [1.82, 2.24) is 19.8 Å². The SMILES string of the molecule is CCCNC(C)(CO)CC(C)N(C)Cc1nccn1C. The molecule has 1 aromatic heterocycles. The quantitative estimate of drug-likeness (QED) is 0.718. The van der Waals surface area contributed by atoms with Gasteiger partial charge in [-0.05, 0) is 40.3 Å².